The Morgan fingerprint density at radius 3 is 2.59 bits per heavy atom. The number of imide groups is 1. The number of rotatable bonds is 2. The summed E-state index contributed by atoms with van der Waals surface area (Å²) in [4.78, 5) is 39.2. The van der Waals surface area contributed by atoms with Gasteiger partial charge < -0.3 is 5.11 Å². The second kappa shape index (κ2) is 3.13. The van der Waals surface area contributed by atoms with E-state index in [1.54, 1.807) is 0 Å². The molecule has 0 spiro atoms. The molecule has 1 saturated heterocycles. The van der Waals surface area contributed by atoms with Gasteiger partial charge in [-0.05, 0) is 18.6 Å². The topological polar surface area (TPSA) is 87.6 Å². The predicted molar refractivity (Wildman–Crippen MR) is 55.3 cm³/mol. The molecule has 1 aromatic rings. The van der Waals surface area contributed by atoms with Gasteiger partial charge in [-0.15, -0.1) is 0 Å². The van der Waals surface area contributed by atoms with Crippen molar-refractivity contribution in [2.24, 2.45) is 11.8 Å². The largest absolute Gasteiger partial charge is 0.476 e. The molecule has 0 aromatic carbocycles. The molecule has 17 heavy (non-hydrogen) atoms. The number of aromatic carboxylic acids is 1. The maximum Gasteiger partial charge on any atom is 0.356 e. The number of carboxylic acids is 1. The molecule has 1 aromatic heterocycles. The molecule has 0 bridgehead atoms. The van der Waals surface area contributed by atoms with Crippen LogP contribution in [0.3, 0.4) is 0 Å². The lowest BCUT2D eigenvalue weighted by Gasteiger charge is -2.17. The molecule has 6 heteroatoms. The minimum atomic E-state index is -1.25. The Morgan fingerprint density at radius 2 is 2.00 bits per heavy atom. The molecule has 1 saturated carbocycles. The van der Waals surface area contributed by atoms with Gasteiger partial charge in [0.25, 0.3) is 0 Å². The van der Waals surface area contributed by atoms with E-state index in [0.29, 0.717) is 6.42 Å². The number of anilines is 1. The summed E-state index contributed by atoms with van der Waals surface area (Å²) in [6.07, 6.45) is 1.91. The highest BCUT2D eigenvalue weighted by molar-refractivity contribution is 6.26. The Labute approximate surface area is 95.9 Å². The monoisotopic (exact) mass is 232 g/mol. The lowest BCUT2D eigenvalue weighted by atomic mass is 10.2. The molecule has 86 valence electrons. The second-order valence-electron chi connectivity index (χ2n) is 4.14. The minimum Gasteiger partial charge on any atom is -0.476 e. The minimum absolute atomic E-state index is 0.0715. The van der Waals surface area contributed by atoms with Gasteiger partial charge in [0.15, 0.2) is 5.69 Å². The number of aromatic nitrogens is 1. The van der Waals surface area contributed by atoms with Gasteiger partial charge in [0.2, 0.25) is 11.8 Å². The number of carboxylic acid groups (broad SMARTS) is 1. The number of carbonyl (C=O) groups is 3. The maximum absolute atomic E-state index is 11.8. The highest BCUT2D eigenvalue weighted by atomic mass is 16.4. The average Bonchev–Trinajstić information content (AvgIpc) is 3.05. The van der Waals surface area contributed by atoms with Gasteiger partial charge >= 0.3 is 5.97 Å². The van der Waals surface area contributed by atoms with E-state index < -0.39 is 5.97 Å². The van der Waals surface area contributed by atoms with E-state index in [0.717, 1.165) is 4.90 Å². The van der Waals surface area contributed by atoms with Gasteiger partial charge in [0, 0.05) is 6.20 Å². The van der Waals surface area contributed by atoms with Crippen LogP contribution in [0.15, 0.2) is 18.3 Å². The van der Waals surface area contributed by atoms with Crippen molar-refractivity contribution in [2.45, 2.75) is 6.42 Å². The Kier molecular flexibility index (Phi) is 1.83. The third kappa shape index (κ3) is 1.27. The van der Waals surface area contributed by atoms with Crippen LogP contribution in [0, 0.1) is 11.8 Å². The van der Waals surface area contributed by atoms with Crippen LogP contribution >= 0.6 is 0 Å². The van der Waals surface area contributed by atoms with Gasteiger partial charge in [0.05, 0.1) is 17.5 Å². The molecular weight excluding hydrogens is 224 g/mol. The number of hydrogen-bond donors (Lipinski definition) is 1. The normalized spacial score (nSPS) is 26.0. The zero-order valence-electron chi connectivity index (χ0n) is 8.66. The number of carbonyl (C=O) groups excluding carboxylic acids is 2. The fraction of sp³-hybridized carbons (Fsp3) is 0.273. The summed E-state index contributed by atoms with van der Waals surface area (Å²) in [6, 6.07) is 2.93. The number of amides is 2. The van der Waals surface area contributed by atoms with Crippen LogP contribution in [0.4, 0.5) is 5.69 Å². The van der Waals surface area contributed by atoms with E-state index in [1.807, 2.05) is 0 Å². The van der Waals surface area contributed by atoms with Crippen molar-refractivity contribution >= 4 is 23.5 Å². The summed E-state index contributed by atoms with van der Waals surface area (Å²) in [5.41, 5.74) is -0.197. The van der Waals surface area contributed by atoms with E-state index in [1.165, 1.54) is 18.3 Å². The smallest absolute Gasteiger partial charge is 0.356 e. The first-order valence-corrected chi connectivity index (χ1v) is 5.17. The van der Waals surface area contributed by atoms with Crippen LogP contribution in [-0.2, 0) is 9.59 Å². The van der Waals surface area contributed by atoms with Crippen LogP contribution in [-0.4, -0.2) is 27.9 Å². The quantitative estimate of drug-likeness (QED) is 0.740. The van der Waals surface area contributed by atoms with Crippen molar-refractivity contribution in [2.75, 3.05) is 4.90 Å². The number of fused-ring (bicyclic) bond motifs is 1. The first-order valence-electron chi connectivity index (χ1n) is 5.17. The molecule has 2 heterocycles. The third-order valence-electron chi connectivity index (χ3n) is 3.10. The van der Waals surface area contributed by atoms with Crippen molar-refractivity contribution in [1.29, 1.82) is 0 Å². The highest BCUT2D eigenvalue weighted by Gasteiger charge is 2.59. The van der Waals surface area contributed by atoms with Gasteiger partial charge in [-0.25, -0.2) is 14.7 Å². The predicted octanol–water partition coefficient (Wildman–Crippen LogP) is 0.289. The van der Waals surface area contributed by atoms with Crippen molar-refractivity contribution in [3.8, 4) is 0 Å². The molecule has 2 unspecified atom stereocenters. The van der Waals surface area contributed by atoms with Crippen LogP contribution in [0.1, 0.15) is 16.9 Å². The van der Waals surface area contributed by atoms with Crippen molar-refractivity contribution in [3.05, 3.63) is 24.0 Å². The van der Waals surface area contributed by atoms with Gasteiger partial charge in [-0.1, -0.05) is 0 Å². The molecule has 3 rings (SSSR count). The first kappa shape index (κ1) is 9.95. The molecule has 2 aliphatic rings. The van der Waals surface area contributed by atoms with E-state index in [4.69, 9.17) is 5.11 Å². The fourth-order valence-corrected chi connectivity index (χ4v) is 2.16. The first-order chi connectivity index (χ1) is 8.11. The zero-order chi connectivity index (χ0) is 12.2. The molecule has 1 aliphatic heterocycles. The van der Waals surface area contributed by atoms with Crippen LogP contribution in [0.25, 0.3) is 0 Å². The Bertz CT molecular complexity index is 534. The third-order valence-corrected chi connectivity index (χ3v) is 3.10. The lowest BCUT2D eigenvalue weighted by molar-refractivity contribution is -0.123. The summed E-state index contributed by atoms with van der Waals surface area (Å²) in [5, 5.41) is 8.96. The molecule has 2 atom stereocenters. The standard InChI is InChI=1S/C11H8N2O4/c14-9-5-4-6(5)10(15)13(9)7-2-1-3-12-8(7)11(16)17/h1-3,5-6H,4H2,(H,16,17). The second-order valence-corrected chi connectivity index (χ2v) is 4.14. The van der Waals surface area contributed by atoms with Crippen molar-refractivity contribution in [1.82, 2.24) is 4.98 Å². The highest BCUT2D eigenvalue weighted by Crippen LogP contribution is 2.48. The fourth-order valence-electron chi connectivity index (χ4n) is 2.16. The SMILES string of the molecule is O=C(O)c1ncccc1N1C(=O)C2CC2C1=O. The lowest BCUT2D eigenvalue weighted by Crippen LogP contribution is -2.34. The van der Waals surface area contributed by atoms with Crippen molar-refractivity contribution < 1.29 is 19.5 Å². The summed E-state index contributed by atoms with van der Waals surface area (Å²) in [5.74, 6) is -2.36. The molecule has 2 fully saturated rings. The molecular formula is C11H8N2O4. The number of nitrogens with zero attached hydrogens (tertiary/aromatic N) is 2. The number of piperidine rings is 1. The summed E-state index contributed by atoms with van der Waals surface area (Å²) in [6.45, 7) is 0. The summed E-state index contributed by atoms with van der Waals surface area (Å²) in [7, 11) is 0. The summed E-state index contributed by atoms with van der Waals surface area (Å²) >= 11 is 0. The van der Waals surface area contributed by atoms with Gasteiger partial charge in [-0.3, -0.25) is 9.59 Å². The van der Waals surface area contributed by atoms with E-state index in [2.05, 4.69) is 4.98 Å². The van der Waals surface area contributed by atoms with E-state index in [-0.39, 0.29) is 35.0 Å². The average molecular weight is 232 g/mol. The number of hydrogen-bond acceptors (Lipinski definition) is 4. The Hall–Kier alpha value is -2.24. The molecule has 2 amide bonds. The number of pyridine rings is 1. The summed E-state index contributed by atoms with van der Waals surface area (Å²) < 4.78 is 0. The molecule has 1 aliphatic carbocycles. The van der Waals surface area contributed by atoms with Crippen LogP contribution in [0.2, 0.25) is 0 Å². The van der Waals surface area contributed by atoms with E-state index >= 15 is 0 Å². The Balaban J connectivity index is 2.08. The van der Waals surface area contributed by atoms with Gasteiger partial charge in [0.1, 0.15) is 0 Å². The molecule has 0 radical (unpaired) electrons. The molecule has 1 N–H and O–H groups in total. The maximum atomic E-state index is 11.8. The van der Waals surface area contributed by atoms with Crippen LogP contribution in [0.5, 0.6) is 0 Å². The van der Waals surface area contributed by atoms with Crippen LogP contribution < -0.4 is 4.90 Å². The van der Waals surface area contributed by atoms with E-state index in [9.17, 15) is 14.4 Å². The van der Waals surface area contributed by atoms with Gasteiger partial charge in [-0.2, -0.15) is 0 Å². The zero-order valence-corrected chi connectivity index (χ0v) is 8.66. The molecule has 6 nitrogen and oxygen atoms in total. The van der Waals surface area contributed by atoms with Crippen molar-refractivity contribution in [3.63, 3.8) is 0 Å². The Morgan fingerprint density at radius 1 is 1.35 bits per heavy atom.